The van der Waals surface area contributed by atoms with E-state index in [2.05, 4.69) is 21.9 Å². The molecular formula is C26H27N5OS. The topological polar surface area (TPSA) is 63.2 Å². The molecule has 1 N–H and O–H groups in total. The second-order valence-corrected chi connectivity index (χ2v) is 9.56. The first-order valence-corrected chi connectivity index (χ1v) is 12.0. The highest BCUT2D eigenvalue weighted by Crippen LogP contribution is 2.34. The Morgan fingerprint density at radius 2 is 1.94 bits per heavy atom. The highest BCUT2D eigenvalue weighted by atomic mass is 32.1. The van der Waals surface area contributed by atoms with Crippen LogP contribution in [0.1, 0.15) is 25.7 Å². The fourth-order valence-electron chi connectivity index (χ4n) is 4.00. The van der Waals surface area contributed by atoms with Crippen LogP contribution in [0.5, 0.6) is 11.5 Å². The van der Waals surface area contributed by atoms with E-state index in [0.717, 1.165) is 56.8 Å². The number of aromatic nitrogens is 3. The Morgan fingerprint density at radius 1 is 1.06 bits per heavy atom. The van der Waals surface area contributed by atoms with Gasteiger partial charge in [-0.15, -0.1) is 0 Å². The molecule has 0 aliphatic heterocycles. The van der Waals surface area contributed by atoms with E-state index in [1.165, 1.54) is 18.4 Å². The van der Waals surface area contributed by atoms with Crippen molar-refractivity contribution in [3.8, 4) is 22.8 Å². The number of nitrogens with one attached hydrogen (secondary N) is 1. The fraction of sp³-hybridized carbons (Fsp3) is 0.269. The Kier molecular flexibility index (Phi) is 5.96. The van der Waals surface area contributed by atoms with Gasteiger partial charge in [0.25, 0.3) is 0 Å². The molecule has 7 heteroatoms. The van der Waals surface area contributed by atoms with Crippen LogP contribution in [0.25, 0.3) is 21.5 Å². The SMILES string of the molecule is C=C1CCCC[C@H]1Nc1nc2ccc(Oc3ccnc(-c4ccc(N(C)C)nc4)c3)cc2s1. The van der Waals surface area contributed by atoms with Crippen molar-refractivity contribution in [2.45, 2.75) is 31.7 Å². The lowest BCUT2D eigenvalue weighted by atomic mass is 9.91. The molecule has 6 nitrogen and oxygen atoms in total. The molecule has 4 aromatic rings. The zero-order chi connectivity index (χ0) is 22.8. The third-order valence-electron chi connectivity index (χ3n) is 5.86. The predicted octanol–water partition coefficient (Wildman–Crippen LogP) is 6.52. The summed E-state index contributed by atoms with van der Waals surface area (Å²) < 4.78 is 7.25. The average molecular weight is 458 g/mol. The zero-order valence-electron chi connectivity index (χ0n) is 18.9. The maximum atomic E-state index is 6.16. The van der Waals surface area contributed by atoms with Gasteiger partial charge in [-0.25, -0.2) is 9.97 Å². The molecule has 1 aliphatic carbocycles. The van der Waals surface area contributed by atoms with Crippen molar-refractivity contribution in [1.29, 1.82) is 0 Å². The highest BCUT2D eigenvalue weighted by molar-refractivity contribution is 7.22. The average Bonchev–Trinajstić information content (AvgIpc) is 3.22. The van der Waals surface area contributed by atoms with Crippen LogP contribution in [0.3, 0.4) is 0 Å². The molecule has 0 amide bonds. The minimum absolute atomic E-state index is 0.326. The largest absolute Gasteiger partial charge is 0.457 e. The van der Waals surface area contributed by atoms with Crippen LogP contribution in [0.2, 0.25) is 0 Å². The van der Waals surface area contributed by atoms with E-state index in [0.29, 0.717) is 6.04 Å². The number of hydrogen-bond acceptors (Lipinski definition) is 7. The molecule has 0 unspecified atom stereocenters. The number of rotatable bonds is 6. The molecule has 33 heavy (non-hydrogen) atoms. The summed E-state index contributed by atoms with van der Waals surface area (Å²) in [7, 11) is 3.95. The second-order valence-electron chi connectivity index (χ2n) is 8.53. The minimum Gasteiger partial charge on any atom is -0.457 e. The van der Waals surface area contributed by atoms with Crippen LogP contribution >= 0.6 is 11.3 Å². The molecule has 1 aromatic carbocycles. The number of fused-ring (bicyclic) bond motifs is 1. The fourth-order valence-corrected chi connectivity index (χ4v) is 4.95. The van der Waals surface area contributed by atoms with E-state index in [4.69, 9.17) is 9.72 Å². The summed E-state index contributed by atoms with van der Waals surface area (Å²) in [5.41, 5.74) is 4.02. The zero-order valence-corrected chi connectivity index (χ0v) is 19.7. The molecule has 3 aromatic heterocycles. The lowest BCUT2D eigenvalue weighted by molar-refractivity contribution is 0.483. The van der Waals surface area contributed by atoms with Gasteiger partial charge in [0, 0.05) is 50.2 Å². The minimum atomic E-state index is 0.326. The standard InChI is InChI=1S/C26H27N5OS/c1-17-6-4-5-7-21(17)29-26-30-22-10-9-19(15-24(22)33-26)32-20-12-13-27-23(14-20)18-8-11-25(28-16-18)31(2)3/h8-16,21H,1,4-7H2,2-3H3,(H,29,30)/t21-/m1/s1. The first-order valence-electron chi connectivity index (χ1n) is 11.2. The molecule has 1 saturated carbocycles. The summed E-state index contributed by atoms with van der Waals surface area (Å²) in [5.74, 6) is 2.42. The molecule has 1 atom stereocenters. The summed E-state index contributed by atoms with van der Waals surface area (Å²) in [6, 6.07) is 14.1. The van der Waals surface area contributed by atoms with Gasteiger partial charge in [0.2, 0.25) is 0 Å². The summed E-state index contributed by atoms with van der Waals surface area (Å²) in [4.78, 5) is 15.7. The maximum absolute atomic E-state index is 6.16. The van der Waals surface area contributed by atoms with Crippen molar-refractivity contribution < 1.29 is 4.74 Å². The van der Waals surface area contributed by atoms with Crippen molar-refractivity contribution in [3.05, 3.63) is 67.0 Å². The molecule has 1 aliphatic rings. The van der Waals surface area contributed by atoms with Crippen molar-refractivity contribution in [1.82, 2.24) is 15.0 Å². The Labute approximate surface area is 198 Å². The number of anilines is 2. The van der Waals surface area contributed by atoms with Gasteiger partial charge in [-0.3, -0.25) is 4.98 Å². The van der Waals surface area contributed by atoms with Gasteiger partial charge in [-0.05, 0) is 49.6 Å². The van der Waals surface area contributed by atoms with Crippen LogP contribution in [-0.2, 0) is 0 Å². The van der Waals surface area contributed by atoms with Crippen LogP contribution < -0.4 is 15.0 Å². The quantitative estimate of drug-likeness (QED) is 0.333. The van der Waals surface area contributed by atoms with Gasteiger partial charge < -0.3 is 15.0 Å². The molecule has 0 radical (unpaired) electrons. The molecular weight excluding hydrogens is 430 g/mol. The number of pyridine rings is 2. The van der Waals surface area contributed by atoms with Crippen molar-refractivity contribution in [2.24, 2.45) is 0 Å². The predicted molar refractivity (Wildman–Crippen MR) is 137 cm³/mol. The van der Waals surface area contributed by atoms with Crippen LogP contribution in [0.4, 0.5) is 10.9 Å². The Morgan fingerprint density at radius 3 is 2.73 bits per heavy atom. The lowest BCUT2D eigenvalue weighted by Crippen LogP contribution is -2.24. The number of benzene rings is 1. The molecule has 0 spiro atoms. The number of thiazole rings is 1. The number of nitrogens with zero attached hydrogens (tertiary/aromatic N) is 4. The molecule has 0 saturated heterocycles. The number of ether oxygens (including phenoxy) is 1. The van der Waals surface area contributed by atoms with Gasteiger partial charge in [0.1, 0.15) is 17.3 Å². The Hall–Kier alpha value is -3.45. The maximum Gasteiger partial charge on any atom is 0.184 e. The Bertz CT molecular complexity index is 1280. The third-order valence-corrected chi connectivity index (χ3v) is 6.81. The first-order chi connectivity index (χ1) is 16.0. The van der Waals surface area contributed by atoms with E-state index in [1.807, 2.05) is 67.7 Å². The lowest BCUT2D eigenvalue weighted by Gasteiger charge is -2.25. The third kappa shape index (κ3) is 4.83. The second kappa shape index (κ2) is 9.19. The van der Waals surface area contributed by atoms with Gasteiger partial charge in [-0.2, -0.15) is 0 Å². The molecule has 168 valence electrons. The normalized spacial score (nSPS) is 16.1. The van der Waals surface area contributed by atoms with Gasteiger partial charge in [0.15, 0.2) is 5.13 Å². The molecule has 0 bridgehead atoms. The van der Waals surface area contributed by atoms with E-state index < -0.39 is 0 Å². The highest BCUT2D eigenvalue weighted by Gasteiger charge is 2.18. The Balaban J connectivity index is 1.32. The van der Waals surface area contributed by atoms with Gasteiger partial charge in [0.05, 0.1) is 15.9 Å². The summed E-state index contributed by atoms with van der Waals surface area (Å²) in [6.07, 6.45) is 8.30. The van der Waals surface area contributed by atoms with E-state index >= 15 is 0 Å². The molecule has 5 rings (SSSR count). The molecule has 3 heterocycles. The van der Waals surface area contributed by atoms with Gasteiger partial charge in [-0.1, -0.05) is 29.9 Å². The van der Waals surface area contributed by atoms with Gasteiger partial charge >= 0.3 is 0 Å². The number of hydrogen-bond donors (Lipinski definition) is 1. The van der Waals surface area contributed by atoms with E-state index in [1.54, 1.807) is 17.5 Å². The summed E-state index contributed by atoms with van der Waals surface area (Å²) in [5, 5.41) is 4.52. The summed E-state index contributed by atoms with van der Waals surface area (Å²) >= 11 is 1.65. The van der Waals surface area contributed by atoms with E-state index in [9.17, 15) is 0 Å². The van der Waals surface area contributed by atoms with Crippen LogP contribution in [-0.4, -0.2) is 35.1 Å². The monoisotopic (exact) mass is 457 g/mol. The van der Waals surface area contributed by atoms with E-state index in [-0.39, 0.29) is 0 Å². The van der Waals surface area contributed by atoms with Crippen LogP contribution in [0.15, 0.2) is 67.0 Å². The first kappa shape index (κ1) is 21.4. The molecule has 1 fully saturated rings. The van der Waals surface area contributed by atoms with Crippen molar-refractivity contribution in [3.63, 3.8) is 0 Å². The van der Waals surface area contributed by atoms with Crippen LogP contribution in [0, 0.1) is 0 Å². The van der Waals surface area contributed by atoms with Crippen molar-refractivity contribution in [2.75, 3.05) is 24.3 Å². The van der Waals surface area contributed by atoms with Crippen molar-refractivity contribution >= 4 is 32.5 Å². The smallest absolute Gasteiger partial charge is 0.184 e. The summed E-state index contributed by atoms with van der Waals surface area (Å²) in [6.45, 7) is 4.23.